The van der Waals surface area contributed by atoms with E-state index in [-0.39, 0.29) is 18.7 Å². The molecule has 2 aliphatic heterocycles. The maximum Gasteiger partial charge on any atom is 0.313 e. The van der Waals surface area contributed by atoms with Crippen molar-refractivity contribution in [2.45, 2.75) is 50.8 Å². The molecular formula is C20H25ClN4O5. The van der Waals surface area contributed by atoms with Crippen LogP contribution in [0.25, 0.3) is 0 Å². The first-order chi connectivity index (χ1) is 14.4. The lowest BCUT2D eigenvalue weighted by atomic mass is 10.0. The third-order valence-electron chi connectivity index (χ3n) is 5.32. The highest BCUT2D eigenvalue weighted by molar-refractivity contribution is 6.62. The van der Waals surface area contributed by atoms with Crippen molar-refractivity contribution in [1.82, 2.24) is 15.5 Å². The average Bonchev–Trinajstić information content (AvgIpc) is 2.95. The predicted octanol–water partition coefficient (Wildman–Crippen LogP) is 1.86. The number of hydrogen-bond acceptors (Lipinski definition) is 6. The molecule has 4 N–H and O–H groups in total. The van der Waals surface area contributed by atoms with E-state index in [2.05, 4.69) is 16.0 Å². The third kappa shape index (κ3) is 4.91. The molecule has 4 amide bonds. The quantitative estimate of drug-likeness (QED) is 0.202. The number of fused-ring (bicyclic) bond motifs is 1. The molecule has 10 heteroatoms. The lowest BCUT2D eigenvalue weighted by Crippen LogP contribution is -2.53. The van der Waals surface area contributed by atoms with Crippen LogP contribution >= 0.6 is 11.6 Å². The van der Waals surface area contributed by atoms with E-state index in [4.69, 9.17) is 11.6 Å². The molecule has 0 aliphatic carbocycles. The number of amides is 4. The summed E-state index contributed by atoms with van der Waals surface area (Å²) in [6, 6.07) is 4.31. The number of nitrogens with zero attached hydrogens (tertiary/aromatic N) is 1. The molecule has 2 heterocycles. The van der Waals surface area contributed by atoms with Crippen molar-refractivity contribution in [1.29, 1.82) is 0 Å². The Bertz CT molecular complexity index is 846. The summed E-state index contributed by atoms with van der Waals surface area (Å²) in [7, 11) is 0. The normalized spacial score (nSPS) is 20.7. The van der Waals surface area contributed by atoms with Gasteiger partial charge in [-0.2, -0.15) is 0 Å². The molecule has 1 aromatic rings. The average molecular weight is 437 g/mol. The van der Waals surface area contributed by atoms with Crippen molar-refractivity contribution in [2.24, 2.45) is 0 Å². The Morgan fingerprint density at radius 3 is 2.60 bits per heavy atom. The van der Waals surface area contributed by atoms with Gasteiger partial charge in [-0.05, 0) is 36.9 Å². The first-order valence-electron chi connectivity index (χ1n) is 10.0. The Morgan fingerprint density at radius 1 is 1.17 bits per heavy atom. The summed E-state index contributed by atoms with van der Waals surface area (Å²) in [5.41, 5.74) is 1.42. The fourth-order valence-corrected chi connectivity index (χ4v) is 3.93. The molecule has 2 atom stereocenters. The van der Waals surface area contributed by atoms with Crippen molar-refractivity contribution in [3.05, 3.63) is 29.3 Å². The lowest BCUT2D eigenvalue weighted by molar-refractivity contribution is -0.139. The van der Waals surface area contributed by atoms with Gasteiger partial charge >= 0.3 is 5.37 Å². The minimum absolute atomic E-state index is 0.128. The predicted molar refractivity (Wildman–Crippen MR) is 110 cm³/mol. The number of rotatable bonds is 9. The lowest BCUT2D eigenvalue weighted by Gasteiger charge is -2.31. The van der Waals surface area contributed by atoms with Crippen molar-refractivity contribution in [3.8, 4) is 0 Å². The minimum atomic E-state index is -1.23. The Kier molecular flexibility index (Phi) is 7.28. The molecule has 0 saturated carbocycles. The van der Waals surface area contributed by atoms with E-state index < -0.39 is 29.5 Å². The van der Waals surface area contributed by atoms with E-state index in [1.807, 2.05) is 0 Å². The topological polar surface area (TPSA) is 128 Å². The fraction of sp³-hybridized carbons (Fsp3) is 0.500. The summed E-state index contributed by atoms with van der Waals surface area (Å²) < 4.78 is 0. The minimum Gasteiger partial charge on any atom is -0.384 e. The highest BCUT2D eigenvalue weighted by Gasteiger charge is 2.45. The molecular weight excluding hydrogens is 412 g/mol. The van der Waals surface area contributed by atoms with Gasteiger partial charge in [0, 0.05) is 30.8 Å². The summed E-state index contributed by atoms with van der Waals surface area (Å²) >= 11 is 5.20. The van der Waals surface area contributed by atoms with Crippen LogP contribution < -0.4 is 16.0 Å². The Morgan fingerprint density at radius 2 is 1.90 bits per heavy atom. The van der Waals surface area contributed by atoms with Gasteiger partial charge in [0.2, 0.25) is 11.8 Å². The van der Waals surface area contributed by atoms with Gasteiger partial charge in [0.15, 0.2) is 6.23 Å². The first kappa shape index (κ1) is 22.0. The smallest absolute Gasteiger partial charge is 0.313 e. The number of hydrogen-bond donors (Lipinski definition) is 4. The zero-order valence-electron chi connectivity index (χ0n) is 16.4. The van der Waals surface area contributed by atoms with Gasteiger partial charge in [-0.15, -0.1) is 0 Å². The SMILES string of the molecule is O=C(Cl)NCCCCCCNc1cccc2c1C(=O)N(C1CCC(=O)NC1=O)C2O. The molecule has 1 fully saturated rings. The van der Waals surface area contributed by atoms with Crippen LogP contribution in [0, 0.1) is 0 Å². The highest BCUT2D eigenvalue weighted by Crippen LogP contribution is 2.38. The molecule has 9 nitrogen and oxygen atoms in total. The van der Waals surface area contributed by atoms with Gasteiger partial charge in [-0.3, -0.25) is 29.4 Å². The number of aliphatic hydroxyl groups excluding tert-OH is 1. The second-order valence-electron chi connectivity index (χ2n) is 7.36. The molecule has 0 radical (unpaired) electrons. The number of aliphatic hydroxyl groups is 1. The van der Waals surface area contributed by atoms with E-state index in [1.165, 1.54) is 0 Å². The number of imide groups is 1. The molecule has 0 aromatic heterocycles. The van der Waals surface area contributed by atoms with Crippen molar-refractivity contribution in [3.63, 3.8) is 0 Å². The Hall–Kier alpha value is -2.65. The van der Waals surface area contributed by atoms with E-state index in [0.717, 1.165) is 30.6 Å². The molecule has 0 bridgehead atoms. The molecule has 162 valence electrons. The zero-order chi connectivity index (χ0) is 21.7. The molecule has 1 aromatic carbocycles. The number of carbonyl (C=O) groups excluding carboxylic acids is 4. The molecule has 30 heavy (non-hydrogen) atoms. The Labute approximate surface area is 179 Å². The summed E-state index contributed by atoms with van der Waals surface area (Å²) in [6.07, 6.45) is 2.68. The van der Waals surface area contributed by atoms with E-state index >= 15 is 0 Å². The van der Waals surface area contributed by atoms with E-state index in [1.54, 1.807) is 18.2 Å². The monoisotopic (exact) mass is 436 g/mol. The summed E-state index contributed by atoms with van der Waals surface area (Å²) in [5, 5.41) is 18.1. The number of piperidine rings is 1. The van der Waals surface area contributed by atoms with Crippen molar-refractivity contribution in [2.75, 3.05) is 18.4 Å². The second-order valence-corrected chi connectivity index (χ2v) is 7.71. The number of anilines is 1. The Balaban J connectivity index is 1.57. The molecule has 2 aliphatic rings. The third-order valence-corrected chi connectivity index (χ3v) is 5.45. The molecule has 3 rings (SSSR count). The van der Waals surface area contributed by atoms with Crippen LogP contribution in [-0.2, 0) is 9.59 Å². The molecule has 2 unspecified atom stereocenters. The maximum atomic E-state index is 13.0. The summed E-state index contributed by atoms with van der Waals surface area (Å²) in [6.45, 7) is 1.19. The number of unbranched alkanes of at least 4 members (excludes halogenated alkanes) is 3. The van der Waals surface area contributed by atoms with Crippen LogP contribution in [0.15, 0.2) is 18.2 Å². The van der Waals surface area contributed by atoms with Gasteiger partial charge in [0.05, 0.1) is 5.56 Å². The van der Waals surface area contributed by atoms with Gasteiger partial charge in [0.1, 0.15) is 6.04 Å². The van der Waals surface area contributed by atoms with Crippen molar-refractivity contribution >= 4 is 40.4 Å². The standard InChI is InChI=1S/C20H25ClN4O5/c21-20(30)23-11-4-2-1-3-10-22-13-7-5-6-12-16(13)19(29)25(18(12)28)14-8-9-15(26)24-17(14)27/h5-7,14,18,22,28H,1-4,8-11H2,(H,23,30)(H,24,26,27). The number of benzene rings is 1. The van der Waals surface area contributed by atoms with Crippen LogP contribution in [0.5, 0.6) is 0 Å². The summed E-state index contributed by atoms with van der Waals surface area (Å²) in [4.78, 5) is 48.4. The van der Waals surface area contributed by atoms with Crippen LogP contribution in [0.4, 0.5) is 10.5 Å². The summed E-state index contributed by atoms with van der Waals surface area (Å²) in [5.74, 6) is -1.36. The van der Waals surface area contributed by atoms with E-state index in [0.29, 0.717) is 29.9 Å². The number of carbonyl (C=O) groups is 4. The van der Waals surface area contributed by atoms with E-state index in [9.17, 15) is 24.3 Å². The number of halogens is 1. The molecule has 0 spiro atoms. The fourth-order valence-electron chi connectivity index (χ4n) is 3.83. The zero-order valence-corrected chi connectivity index (χ0v) is 17.2. The first-order valence-corrected chi connectivity index (χ1v) is 10.4. The molecule has 1 saturated heterocycles. The van der Waals surface area contributed by atoms with Crippen molar-refractivity contribution < 1.29 is 24.3 Å². The van der Waals surface area contributed by atoms with Gasteiger partial charge in [0.25, 0.3) is 5.91 Å². The van der Waals surface area contributed by atoms with Crippen LogP contribution in [0.3, 0.4) is 0 Å². The second kappa shape index (κ2) is 9.90. The highest BCUT2D eigenvalue weighted by atomic mass is 35.5. The van der Waals surface area contributed by atoms with Gasteiger partial charge < -0.3 is 15.7 Å². The van der Waals surface area contributed by atoms with Gasteiger partial charge in [-0.1, -0.05) is 25.0 Å². The van der Waals surface area contributed by atoms with Crippen LogP contribution in [-0.4, -0.2) is 52.2 Å². The van der Waals surface area contributed by atoms with Crippen LogP contribution in [0.2, 0.25) is 0 Å². The van der Waals surface area contributed by atoms with Crippen LogP contribution in [0.1, 0.15) is 60.7 Å². The largest absolute Gasteiger partial charge is 0.384 e. The number of nitrogens with one attached hydrogen (secondary N) is 3. The van der Waals surface area contributed by atoms with Gasteiger partial charge in [-0.25, -0.2) is 0 Å². The maximum absolute atomic E-state index is 13.0.